The second-order valence-corrected chi connectivity index (χ2v) is 8.09. The van der Waals surface area contributed by atoms with Crippen LogP contribution in [0.1, 0.15) is 56.7 Å². The molecule has 2 aliphatic carbocycles. The van der Waals surface area contributed by atoms with Crippen LogP contribution in [-0.2, 0) is 6.54 Å². The second-order valence-electron chi connectivity index (χ2n) is 7.06. The van der Waals surface area contributed by atoms with E-state index < -0.39 is 0 Å². The summed E-state index contributed by atoms with van der Waals surface area (Å²) in [5.41, 5.74) is 0.536. The summed E-state index contributed by atoms with van der Waals surface area (Å²) in [6, 6.07) is 5.37. The van der Waals surface area contributed by atoms with E-state index in [0.717, 1.165) is 12.6 Å². The molecule has 3 heteroatoms. The predicted molar refractivity (Wildman–Crippen MR) is 91.8 cm³/mol. The van der Waals surface area contributed by atoms with Crippen LogP contribution in [0.25, 0.3) is 0 Å². The van der Waals surface area contributed by atoms with Crippen molar-refractivity contribution in [2.24, 2.45) is 5.41 Å². The van der Waals surface area contributed by atoms with Crippen molar-refractivity contribution in [2.45, 2.75) is 64.5 Å². The maximum Gasteiger partial charge on any atom is 0.0331 e. The van der Waals surface area contributed by atoms with Gasteiger partial charge in [0.05, 0.1) is 0 Å². The van der Waals surface area contributed by atoms with Gasteiger partial charge < -0.3 is 5.32 Å². The molecular weight excluding hydrogens is 276 g/mol. The molecule has 21 heavy (non-hydrogen) atoms. The van der Waals surface area contributed by atoms with Crippen LogP contribution >= 0.6 is 11.3 Å². The quantitative estimate of drug-likeness (QED) is 0.771. The van der Waals surface area contributed by atoms with E-state index in [1.807, 2.05) is 11.3 Å². The lowest BCUT2D eigenvalue weighted by atomic mass is 9.73. The van der Waals surface area contributed by atoms with Gasteiger partial charge in [0.15, 0.2) is 0 Å². The Morgan fingerprint density at radius 1 is 1.29 bits per heavy atom. The molecule has 2 fully saturated rings. The summed E-state index contributed by atoms with van der Waals surface area (Å²) in [6.07, 6.45) is 10.0. The molecule has 0 aromatic carbocycles. The molecule has 1 heterocycles. The van der Waals surface area contributed by atoms with Crippen molar-refractivity contribution in [3.8, 4) is 0 Å². The molecule has 1 aromatic rings. The summed E-state index contributed by atoms with van der Waals surface area (Å²) in [5.74, 6) is 0. The molecule has 2 aliphatic rings. The Morgan fingerprint density at radius 2 is 2.10 bits per heavy atom. The standard InChI is InChI=1S/C18H30N2S/c1-2-19-14-18(10-4-3-5-11-18)15-20(16-8-9-16)13-17-7-6-12-21-17/h6-7,12,16,19H,2-5,8-11,13-15H2,1H3. The third-order valence-corrected chi connectivity index (χ3v) is 6.07. The smallest absolute Gasteiger partial charge is 0.0331 e. The summed E-state index contributed by atoms with van der Waals surface area (Å²) in [7, 11) is 0. The fraction of sp³-hybridized carbons (Fsp3) is 0.778. The molecule has 0 aliphatic heterocycles. The van der Waals surface area contributed by atoms with Gasteiger partial charge in [0, 0.05) is 30.6 Å². The average molecular weight is 307 g/mol. The van der Waals surface area contributed by atoms with Gasteiger partial charge in [-0.15, -0.1) is 11.3 Å². The molecule has 118 valence electrons. The van der Waals surface area contributed by atoms with Gasteiger partial charge in [0.25, 0.3) is 0 Å². The van der Waals surface area contributed by atoms with Gasteiger partial charge in [-0.05, 0) is 49.1 Å². The minimum Gasteiger partial charge on any atom is -0.316 e. The largest absolute Gasteiger partial charge is 0.316 e. The predicted octanol–water partition coefficient (Wildman–Crippen LogP) is 4.27. The minimum atomic E-state index is 0.536. The molecule has 0 bridgehead atoms. The highest BCUT2D eigenvalue weighted by Gasteiger charge is 2.38. The van der Waals surface area contributed by atoms with Crippen LogP contribution in [0.4, 0.5) is 0 Å². The number of rotatable bonds is 8. The first-order chi connectivity index (χ1) is 10.3. The van der Waals surface area contributed by atoms with Gasteiger partial charge in [-0.3, -0.25) is 4.90 Å². The summed E-state index contributed by atoms with van der Waals surface area (Å²) < 4.78 is 0. The van der Waals surface area contributed by atoms with E-state index in [9.17, 15) is 0 Å². The van der Waals surface area contributed by atoms with Gasteiger partial charge in [-0.1, -0.05) is 32.3 Å². The summed E-state index contributed by atoms with van der Waals surface area (Å²) in [5, 5.41) is 5.88. The SMILES string of the molecule is CCNCC1(CN(Cc2cccs2)C2CC2)CCCCC1. The molecule has 0 amide bonds. The molecule has 0 saturated heterocycles. The van der Waals surface area contributed by atoms with Crippen molar-refractivity contribution in [3.05, 3.63) is 22.4 Å². The number of hydrogen-bond acceptors (Lipinski definition) is 3. The maximum absolute atomic E-state index is 3.66. The zero-order valence-corrected chi connectivity index (χ0v) is 14.3. The zero-order valence-electron chi connectivity index (χ0n) is 13.4. The second kappa shape index (κ2) is 7.26. The molecule has 0 radical (unpaired) electrons. The number of thiophene rings is 1. The van der Waals surface area contributed by atoms with Crippen molar-refractivity contribution < 1.29 is 0 Å². The third kappa shape index (κ3) is 4.30. The molecule has 1 aromatic heterocycles. The van der Waals surface area contributed by atoms with Crippen LogP contribution in [0.15, 0.2) is 17.5 Å². The summed E-state index contributed by atoms with van der Waals surface area (Å²) in [6.45, 7) is 7.05. The molecule has 0 atom stereocenters. The third-order valence-electron chi connectivity index (χ3n) is 5.21. The Bertz CT molecular complexity index is 405. The lowest BCUT2D eigenvalue weighted by Crippen LogP contribution is -2.45. The molecular formula is C18H30N2S. The molecule has 2 saturated carbocycles. The Kier molecular flexibility index (Phi) is 5.36. The molecule has 0 unspecified atom stereocenters. The van der Waals surface area contributed by atoms with Gasteiger partial charge in [-0.2, -0.15) is 0 Å². The van der Waals surface area contributed by atoms with E-state index in [1.165, 1.54) is 69.5 Å². The van der Waals surface area contributed by atoms with Crippen LogP contribution in [0, 0.1) is 5.41 Å². The van der Waals surface area contributed by atoms with Gasteiger partial charge in [0.2, 0.25) is 0 Å². The topological polar surface area (TPSA) is 15.3 Å². The molecule has 1 N–H and O–H groups in total. The monoisotopic (exact) mass is 306 g/mol. The Balaban J connectivity index is 1.66. The number of hydrogen-bond donors (Lipinski definition) is 1. The first-order valence-corrected chi connectivity index (χ1v) is 9.66. The molecule has 0 spiro atoms. The fourth-order valence-corrected chi connectivity index (χ4v) is 4.60. The van der Waals surface area contributed by atoms with Crippen LogP contribution in [0.3, 0.4) is 0 Å². The van der Waals surface area contributed by atoms with Crippen molar-refractivity contribution in [2.75, 3.05) is 19.6 Å². The van der Waals surface area contributed by atoms with Crippen LogP contribution in [0.5, 0.6) is 0 Å². The molecule has 3 rings (SSSR count). The van der Waals surface area contributed by atoms with E-state index in [1.54, 1.807) is 0 Å². The Labute approximate surface area is 133 Å². The van der Waals surface area contributed by atoms with E-state index in [-0.39, 0.29) is 0 Å². The first-order valence-electron chi connectivity index (χ1n) is 8.78. The summed E-state index contributed by atoms with van der Waals surface area (Å²) in [4.78, 5) is 4.34. The van der Waals surface area contributed by atoms with E-state index in [0.29, 0.717) is 5.41 Å². The van der Waals surface area contributed by atoms with E-state index >= 15 is 0 Å². The highest BCUT2D eigenvalue weighted by atomic mass is 32.1. The number of nitrogens with zero attached hydrogens (tertiary/aromatic N) is 1. The Hall–Kier alpha value is -0.380. The van der Waals surface area contributed by atoms with Gasteiger partial charge in [0.1, 0.15) is 0 Å². The van der Waals surface area contributed by atoms with Gasteiger partial charge in [-0.25, -0.2) is 0 Å². The normalized spacial score (nSPS) is 21.8. The van der Waals surface area contributed by atoms with Crippen LogP contribution < -0.4 is 5.32 Å². The zero-order chi connectivity index (χ0) is 14.5. The van der Waals surface area contributed by atoms with Crippen molar-refractivity contribution in [1.29, 1.82) is 0 Å². The minimum absolute atomic E-state index is 0.536. The Morgan fingerprint density at radius 3 is 2.71 bits per heavy atom. The highest BCUT2D eigenvalue weighted by molar-refractivity contribution is 7.09. The molecule has 2 nitrogen and oxygen atoms in total. The van der Waals surface area contributed by atoms with Crippen molar-refractivity contribution >= 4 is 11.3 Å². The fourth-order valence-electron chi connectivity index (χ4n) is 3.87. The lowest BCUT2D eigenvalue weighted by molar-refractivity contribution is 0.0936. The van der Waals surface area contributed by atoms with Crippen LogP contribution in [0.2, 0.25) is 0 Å². The van der Waals surface area contributed by atoms with Crippen LogP contribution in [-0.4, -0.2) is 30.6 Å². The summed E-state index contributed by atoms with van der Waals surface area (Å²) >= 11 is 1.92. The number of nitrogens with one attached hydrogen (secondary N) is 1. The average Bonchev–Trinajstić information content (AvgIpc) is 3.24. The highest BCUT2D eigenvalue weighted by Crippen LogP contribution is 2.40. The first kappa shape index (κ1) is 15.5. The van der Waals surface area contributed by atoms with E-state index in [2.05, 4.69) is 34.7 Å². The van der Waals surface area contributed by atoms with Crippen molar-refractivity contribution in [1.82, 2.24) is 10.2 Å². The lowest BCUT2D eigenvalue weighted by Gasteiger charge is -2.41. The maximum atomic E-state index is 3.66. The van der Waals surface area contributed by atoms with Gasteiger partial charge >= 0.3 is 0 Å². The van der Waals surface area contributed by atoms with Crippen molar-refractivity contribution in [3.63, 3.8) is 0 Å². The van der Waals surface area contributed by atoms with E-state index in [4.69, 9.17) is 0 Å².